The number of rotatable bonds is 2. The highest BCUT2D eigenvalue weighted by atomic mass is 35.5. The molecular weight excluding hydrogens is 279 g/mol. The molecule has 8 heteroatoms. The van der Waals surface area contributed by atoms with Crippen molar-refractivity contribution in [3.63, 3.8) is 0 Å². The van der Waals surface area contributed by atoms with Gasteiger partial charge in [0, 0.05) is 5.69 Å². The first-order valence-corrected chi connectivity index (χ1v) is 5.79. The summed E-state index contributed by atoms with van der Waals surface area (Å²) in [6.07, 6.45) is 0. The number of aromatic nitrogens is 2. The lowest BCUT2D eigenvalue weighted by Gasteiger charge is -2.03. The first-order chi connectivity index (χ1) is 8.60. The third kappa shape index (κ3) is 2.61. The Hall–Kier alpha value is -2.04. The molecule has 5 nitrogen and oxygen atoms in total. The first kappa shape index (κ1) is 12.4. The molecule has 2 rings (SSSR count). The van der Waals surface area contributed by atoms with E-state index < -0.39 is 11.7 Å². The Kier molecular flexibility index (Phi) is 3.50. The first-order valence-electron chi connectivity index (χ1n) is 4.60. The van der Waals surface area contributed by atoms with Gasteiger partial charge < -0.3 is 5.32 Å². The van der Waals surface area contributed by atoms with Gasteiger partial charge in [-0.1, -0.05) is 11.3 Å². The number of hydrogen-bond acceptors (Lipinski definition) is 5. The van der Waals surface area contributed by atoms with Crippen LogP contribution in [0.2, 0.25) is 4.47 Å². The number of nitrogens with one attached hydrogen (secondary N) is 1. The van der Waals surface area contributed by atoms with Gasteiger partial charge in [-0.25, -0.2) is 4.39 Å². The van der Waals surface area contributed by atoms with E-state index in [2.05, 4.69) is 15.5 Å². The number of hydrogen-bond donors (Lipinski definition) is 1. The Morgan fingerprint density at radius 3 is 2.89 bits per heavy atom. The van der Waals surface area contributed by atoms with Crippen LogP contribution in [-0.2, 0) is 0 Å². The van der Waals surface area contributed by atoms with Crippen LogP contribution in [0.4, 0.5) is 10.1 Å². The lowest BCUT2D eigenvalue weighted by Crippen LogP contribution is -2.11. The van der Waals surface area contributed by atoms with Crippen molar-refractivity contribution >= 4 is 34.5 Å². The van der Waals surface area contributed by atoms with Crippen LogP contribution >= 0.6 is 22.9 Å². The van der Waals surface area contributed by atoms with Crippen LogP contribution in [0.5, 0.6) is 0 Å². The zero-order valence-corrected chi connectivity index (χ0v) is 10.2. The quantitative estimate of drug-likeness (QED) is 0.917. The summed E-state index contributed by atoms with van der Waals surface area (Å²) in [5.41, 5.74) is 0.146. The summed E-state index contributed by atoms with van der Waals surface area (Å²) < 4.78 is 13.2. The topological polar surface area (TPSA) is 78.7 Å². The molecule has 18 heavy (non-hydrogen) atoms. The molecule has 0 aliphatic rings. The van der Waals surface area contributed by atoms with Gasteiger partial charge in [0.25, 0.3) is 5.91 Å². The van der Waals surface area contributed by atoms with E-state index >= 15 is 0 Å². The smallest absolute Gasteiger partial charge is 0.286 e. The van der Waals surface area contributed by atoms with Gasteiger partial charge in [-0.3, -0.25) is 4.79 Å². The molecule has 0 bridgehead atoms. The van der Waals surface area contributed by atoms with Crippen molar-refractivity contribution < 1.29 is 9.18 Å². The number of benzene rings is 1. The molecular formula is C10H4ClFN4OS. The van der Waals surface area contributed by atoms with Crippen molar-refractivity contribution in [3.05, 3.63) is 39.1 Å². The van der Waals surface area contributed by atoms with Crippen LogP contribution in [0.15, 0.2) is 18.2 Å². The Bertz CT molecular complexity index is 652. The van der Waals surface area contributed by atoms with Crippen LogP contribution in [0, 0.1) is 17.1 Å². The van der Waals surface area contributed by atoms with E-state index in [9.17, 15) is 9.18 Å². The van der Waals surface area contributed by atoms with E-state index in [4.69, 9.17) is 16.9 Å². The summed E-state index contributed by atoms with van der Waals surface area (Å²) in [4.78, 5) is 11.7. The molecule has 0 atom stereocenters. The van der Waals surface area contributed by atoms with Gasteiger partial charge in [-0.2, -0.15) is 5.26 Å². The normalized spacial score (nSPS) is 9.83. The van der Waals surface area contributed by atoms with Crippen molar-refractivity contribution in [2.24, 2.45) is 0 Å². The molecule has 1 amide bonds. The molecule has 0 saturated carbocycles. The Morgan fingerprint density at radius 2 is 2.28 bits per heavy atom. The Labute approximate surface area is 110 Å². The maximum atomic E-state index is 13.1. The van der Waals surface area contributed by atoms with E-state index in [1.54, 1.807) is 6.07 Å². The zero-order valence-electron chi connectivity index (χ0n) is 8.65. The second kappa shape index (κ2) is 5.08. The zero-order chi connectivity index (χ0) is 13.1. The average Bonchev–Trinajstić information content (AvgIpc) is 2.78. The van der Waals surface area contributed by atoms with Gasteiger partial charge in [0.15, 0.2) is 0 Å². The van der Waals surface area contributed by atoms with Crippen molar-refractivity contribution in [3.8, 4) is 6.07 Å². The lowest BCUT2D eigenvalue weighted by molar-refractivity contribution is 0.102. The highest BCUT2D eigenvalue weighted by Crippen LogP contribution is 2.18. The molecule has 1 aromatic heterocycles. The SMILES string of the molecule is N#Cc1cc(NC(=O)c2nnc(Cl)s2)ccc1F. The summed E-state index contributed by atoms with van der Waals surface area (Å²) in [7, 11) is 0. The van der Waals surface area contributed by atoms with Crippen molar-refractivity contribution in [2.45, 2.75) is 0 Å². The van der Waals surface area contributed by atoms with Crippen molar-refractivity contribution in [1.82, 2.24) is 10.2 Å². The maximum absolute atomic E-state index is 13.1. The van der Waals surface area contributed by atoms with Crippen LogP contribution in [0.3, 0.4) is 0 Å². The number of carbonyl (C=O) groups is 1. The summed E-state index contributed by atoms with van der Waals surface area (Å²) in [6, 6.07) is 5.35. The monoisotopic (exact) mass is 282 g/mol. The average molecular weight is 283 g/mol. The minimum atomic E-state index is -0.644. The molecule has 0 spiro atoms. The minimum Gasteiger partial charge on any atom is -0.320 e. The minimum absolute atomic E-state index is 0.0860. The highest BCUT2D eigenvalue weighted by Gasteiger charge is 2.13. The fraction of sp³-hybridized carbons (Fsp3) is 0. The highest BCUT2D eigenvalue weighted by molar-refractivity contribution is 7.17. The summed E-state index contributed by atoms with van der Waals surface area (Å²) >= 11 is 6.47. The summed E-state index contributed by atoms with van der Waals surface area (Å²) in [6.45, 7) is 0. The van der Waals surface area contributed by atoms with Gasteiger partial charge in [0.1, 0.15) is 11.9 Å². The van der Waals surface area contributed by atoms with E-state index in [1.807, 2.05) is 0 Å². The number of nitrogens with zero attached hydrogens (tertiary/aromatic N) is 3. The van der Waals surface area contributed by atoms with Crippen molar-refractivity contribution in [2.75, 3.05) is 5.32 Å². The fourth-order valence-corrected chi connectivity index (χ4v) is 1.89. The Morgan fingerprint density at radius 1 is 1.50 bits per heavy atom. The van der Waals surface area contributed by atoms with Gasteiger partial charge in [0.05, 0.1) is 5.56 Å². The predicted molar refractivity (Wildman–Crippen MR) is 64.0 cm³/mol. The number of halogens is 2. The van der Waals surface area contributed by atoms with Gasteiger partial charge in [-0.05, 0) is 29.8 Å². The standard InChI is InChI=1S/C10H4ClFN4OS/c11-10-16-15-9(18-10)8(17)14-6-1-2-7(12)5(3-6)4-13/h1-3H,(H,14,17). The lowest BCUT2D eigenvalue weighted by atomic mass is 10.2. The van der Waals surface area contributed by atoms with Gasteiger partial charge >= 0.3 is 0 Å². The maximum Gasteiger partial charge on any atom is 0.286 e. The van der Waals surface area contributed by atoms with Crippen LogP contribution in [0.25, 0.3) is 0 Å². The van der Waals surface area contributed by atoms with Crippen LogP contribution in [0.1, 0.15) is 15.4 Å². The largest absolute Gasteiger partial charge is 0.320 e. The molecule has 0 saturated heterocycles. The molecule has 0 aliphatic carbocycles. The molecule has 1 heterocycles. The third-order valence-electron chi connectivity index (χ3n) is 1.94. The van der Waals surface area contributed by atoms with E-state index in [-0.39, 0.29) is 15.0 Å². The van der Waals surface area contributed by atoms with E-state index in [0.29, 0.717) is 5.69 Å². The van der Waals surface area contributed by atoms with Crippen molar-refractivity contribution in [1.29, 1.82) is 5.26 Å². The number of amides is 1. The number of nitriles is 1. The van der Waals surface area contributed by atoms with E-state index in [0.717, 1.165) is 17.4 Å². The molecule has 0 aliphatic heterocycles. The van der Waals surface area contributed by atoms with Gasteiger partial charge in [-0.15, -0.1) is 10.2 Å². The van der Waals surface area contributed by atoms with Crippen LogP contribution in [-0.4, -0.2) is 16.1 Å². The molecule has 0 unspecified atom stereocenters. The second-order valence-corrected chi connectivity index (χ2v) is 4.68. The van der Waals surface area contributed by atoms with E-state index in [1.165, 1.54) is 12.1 Å². The molecule has 1 aromatic carbocycles. The molecule has 0 radical (unpaired) electrons. The second-order valence-electron chi connectivity index (χ2n) is 3.12. The fourth-order valence-electron chi connectivity index (χ4n) is 1.17. The Balaban J connectivity index is 2.20. The summed E-state index contributed by atoms with van der Waals surface area (Å²) in [5, 5.41) is 18.3. The summed E-state index contributed by atoms with van der Waals surface area (Å²) in [5.74, 6) is -1.16. The predicted octanol–water partition coefficient (Wildman–Crippen LogP) is 2.45. The molecule has 1 N–H and O–H groups in total. The van der Waals surface area contributed by atoms with Gasteiger partial charge in [0.2, 0.25) is 9.47 Å². The molecule has 90 valence electrons. The third-order valence-corrected chi connectivity index (χ3v) is 2.96. The number of carbonyl (C=O) groups excluding carboxylic acids is 1. The molecule has 0 fully saturated rings. The molecule has 2 aromatic rings. The number of anilines is 1. The van der Waals surface area contributed by atoms with Crippen LogP contribution < -0.4 is 5.32 Å².